The lowest BCUT2D eigenvalue weighted by molar-refractivity contribution is 0.180. The number of rotatable bonds is 11. The van der Waals surface area contributed by atoms with Gasteiger partial charge in [0.05, 0.1) is 6.10 Å². The smallest absolute Gasteiger partial charge is 0.0512 e. The number of hydrogen-bond donors (Lipinski definition) is 2. The summed E-state index contributed by atoms with van der Waals surface area (Å²) in [6.45, 7) is 1.88. The molecule has 0 aliphatic carbocycles. The molecule has 2 rings (SSSR count). The maximum Gasteiger partial charge on any atom is 0.0512 e. The molecule has 0 heterocycles. The van der Waals surface area contributed by atoms with Gasteiger partial charge in [0, 0.05) is 11.4 Å². The SMILES string of the molecule is CC(O)CCCCCCCCc1ccc(Nc2ccccc2)cc1. The van der Waals surface area contributed by atoms with Crippen molar-refractivity contribution in [1.82, 2.24) is 0 Å². The molecule has 0 bridgehead atoms. The van der Waals surface area contributed by atoms with Crippen molar-refractivity contribution in [1.29, 1.82) is 0 Å². The molecule has 1 atom stereocenters. The van der Waals surface area contributed by atoms with Crippen molar-refractivity contribution in [3.8, 4) is 0 Å². The minimum Gasteiger partial charge on any atom is -0.393 e. The summed E-state index contributed by atoms with van der Waals surface area (Å²) >= 11 is 0. The van der Waals surface area contributed by atoms with Crippen LogP contribution in [0, 0.1) is 0 Å². The van der Waals surface area contributed by atoms with E-state index < -0.39 is 0 Å². The Hall–Kier alpha value is -1.80. The number of aliphatic hydroxyl groups excluding tert-OH is 1. The average molecular weight is 325 g/mol. The van der Waals surface area contributed by atoms with Crippen molar-refractivity contribution in [2.75, 3.05) is 5.32 Å². The summed E-state index contributed by atoms with van der Waals surface area (Å²) in [6.07, 6.45) is 9.58. The Morgan fingerprint density at radius 3 is 2.00 bits per heavy atom. The topological polar surface area (TPSA) is 32.3 Å². The first kappa shape index (κ1) is 18.5. The molecular formula is C22H31NO. The molecule has 0 saturated carbocycles. The highest BCUT2D eigenvalue weighted by Crippen LogP contribution is 2.18. The zero-order valence-electron chi connectivity index (χ0n) is 14.9. The lowest BCUT2D eigenvalue weighted by Gasteiger charge is -2.08. The molecule has 1 unspecified atom stereocenters. The summed E-state index contributed by atoms with van der Waals surface area (Å²) in [5.74, 6) is 0. The van der Waals surface area contributed by atoms with Crippen molar-refractivity contribution < 1.29 is 5.11 Å². The fraction of sp³-hybridized carbons (Fsp3) is 0.455. The number of anilines is 2. The second-order valence-corrected chi connectivity index (χ2v) is 6.70. The first-order valence-corrected chi connectivity index (χ1v) is 9.33. The molecule has 2 aromatic carbocycles. The fourth-order valence-electron chi connectivity index (χ4n) is 2.92. The minimum atomic E-state index is -0.135. The Kier molecular flexibility index (Phi) is 8.40. The highest BCUT2D eigenvalue weighted by molar-refractivity contribution is 5.59. The zero-order valence-corrected chi connectivity index (χ0v) is 14.9. The van der Waals surface area contributed by atoms with Gasteiger partial charge in [-0.1, -0.05) is 62.4 Å². The number of hydrogen-bond acceptors (Lipinski definition) is 2. The minimum absolute atomic E-state index is 0.135. The first-order valence-electron chi connectivity index (χ1n) is 9.33. The summed E-state index contributed by atoms with van der Waals surface area (Å²) in [4.78, 5) is 0. The van der Waals surface area contributed by atoms with Gasteiger partial charge in [0.2, 0.25) is 0 Å². The Morgan fingerprint density at radius 2 is 1.33 bits per heavy atom. The van der Waals surface area contributed by atoms with Gasteiger partial charge in [0.1, 0.15) is 0 Å². The molecule has 2 heteroatoms. The van der Waals surface area contributed by atoms with Gasteiger partial charge in [-0.25, -0.2) is 0 Å². The zero-order chi connectivity index (χ0) is 17.0. The largest absolute Gasteiger partial charge is 0.393 e. The monoisotopic (exact) mass is 325 g/mol. The van der Waals surface area contributed by atoms with Crippen molar-refractivity contribution in [2.45, 2.75) is 64.4 Å². The Morgan fingerprint density at radius 1 is 0.750 bits per heavy atom. The van der Waals surface area contributed by atoms with Crippen LogP contribution in [0.25, 0.3) is 0 Å². The normalized spacial score (nSPS) is 12.1. The third-order valence-corrected chi connectivity index (χ3v) is 4.35. The second-order valence-electron chi connectivity index (χ2n) is 6.70. The number of para-hydroxylation sites is 1. The summed E-state index contributed by atoms with van der Waals surface area (Å²) in [6, 6.07) is 19.1. The molecule has 0 aliphatic heterocycles. The molecule has 130 valence electrons. The lowest BCUT2D eigenvalue weighted by atomic mass is 10.0. The van der Waals surface area contributed by atoms with Gasteiger partial charge in [-0.2, -0.15) is 0 Å². The number of aryl methyl sites for hydroxylation is 1. The molecule has 0 spiro atoms. The summed E-state index contributed by atoms with van der Waals surface area (Å²) < 4.78 is 0. The van der Waals surface area contributed by atoms with Gasteiger partial charge >= 0.3 is 0 Å². The average Bonchev–Trinajstić information content (AvgIpc) is 2.59. The fourth-order valence-corrected chi connectivity index (χ4v) is 2.92. The number of benzene rings is 2. The van der Waals surface area contributed by atoms with E-state index in [1.165, 1.54) is 44.1 Å². The van der Waals surface area contributed by atoms with Crippen LogP contribution in [-0.4, -0.2) is 11.2 Å². The highest BCUT2D eigenvalue weighted by atomic mass is 16.3. The lowest BCUT2D eigenvalue weighted by Crippen LogP contribution is -1.98. The van der Waals surface area contributed by atoms with Gasteiger partial charge in [-0.3, -0.25) is 0 Å². The van der Waals surface area contributed by atoms with Crippen LogP contribution in [-0.2, 0) is 6.42 Å². The number of aliphatic hydroxyl groups is 1. The van der Waals surface area contributed by atoms with E-state index in [9.17, 15) is 5.11 Å². The van der Waals surface area contributed by atoms with E-state index in [1.807, 2.05) is 25.1 Å². The summed E-state index contributed by atoms with van der Waals surface area (Å²) in [7, 11) is 0. The quantitative estimate of drug-likeness (QED) is 0.490. The van der Waals surface area contributed by atoms with Crippen molar-refractivity contribution in [3.05, 3.63) is 60.2 Å². The van der Waals surface area contributed by atoms with Gasteiger partial charge in [0.25, 0.3) is 0 Å². The Bertz CT molecular complexity index is 548. The van der Waals surface area contributed by atoms with Crippen molar-refractivity contribution >= 4 is 11.4 Å². The second kappa shape index (κ2) is 10.9. The molecule has 0 aliphatic rings. The van der Waals surface area contributed by atoms with Gasteiger partial charge < -0.3 is 10.4 Å². The van der Waals surface area contributed by atoms with Crippen LogP contribution in [0.3, 0.4) is 0 Å². The van der Waals surface area contributed by atoms with E-state index in [1.54, 1.807) is 0 Å². The van der Waals surface area contributed by atoms with E-state index in [-0.39, 0.29) is 6.10 Å². The molecule has 2 aromatic rings. The van der Waals surface area contributed by atoms with Crippen LogP contribution in [0.5, 0.6) is 0 Å². The Balaban J connectivity index is 1.58. The highest BCUT2D eigenvalue weighted by Gasteiger charge is 1.98. The van der Waals surface area contributed by atoms with Crippen molar-refractivity contribution in [3.63, 3.8) is 0 Å². The van der Waals surface area contributed by atoms with E-state index >= 15 is 0 Å². The predicted octanol–water partition coefficient (Wildman–Crippen LogP) is 6.08. The number of nitrogens with one attached hydrogen (secondary N) is 1. The maximum absolute atomic E-state index is 9.22. The van der Waals surface area contributed by atoms with Crippen LogP contribution >= 0.6 is 0 Å². The van der Waals surface area contributed by atoms with Crippen LogP contribution < -0.4 is 5.32 Å². The molecule has 0 amide bonds. The molecule has 2 nitrogen and oxygen atoms in total. The van der Waals surface area contributed by atoms with Gasteiger partial charge in [0.15, 0.2) is 0 Å². The van der Waals surface area contributed by atoms with E-state index in [4.69, 9.17) is 0 Å². The van der Waals surface area contributed by atoms with Crippen LogP contribution in [0.15, 0.2) is 54.6 Å². The molecule has 0 saturated heterocycles. The third-order valence-electron chi connectivity index (χ3n) is 4.35. The summed E-state index contributed by atoms with van der Waals surface area (Å²) in [5, 5.41) is 12.6. The number of unbranched alkanes of at least 4 members (excludes halogenated alkanes) is 5. The van der Waals surface area contributed by atoms with E-state index in [0.717, 1.165) is 24.2 Å². The van der Waals surface area contributed by atoms with Gasteiger partial charge in [-0.15, -0.1) is 0 Å². The van der Waals surface area contributed by atoms with Gasteiger partial charge in [-0.05, 0) is 56.0 Å². The van der Waals surface area contributed by atoms with Crippen molar-refractivity contribution in [2.24, 2.45) is 0 Å². The standard InChI is InChI=1S/C22H31NO/c1-19(24)11-7-4-2-3-5-8-12-20-15-17-22(18-16-20)23-21-13-9-6-10-14-21/h6,9-10,13-19,23-24H,2-5,7-8,11-12H2,1H3. The molecule has 0 radical (unpaired) electrons. The molecule has 2 N–H and O–H groups in total. The molecule has 0 aromatic heterocycles. The van der Waals surface area contributed by atoms with Crippen LogP contribution in [0.4, 0.5) is 11.4 Å². The van der Waals surface area contributed by atoms with E-state index in [0.29, 0.717) is 0 Å². The maximum atomic E-state index is 9.22. The van der Waals surface area contributed by atoms with Crippen LogP contribution in [0.1, 0.15) is 57.4 Å². The molecular weight excluding hydrogens is 294 g/mol. The van der Waals surface area contributed by atoms with Crippen LogP contribution in [0.2, 0.25) is 0 Å². The van der Waals surface area contributed by atoms with E-state index in [2.05, 4.69) is 41.7 Å². The predicted molar refractivity (Wildman–Crippen MR) is 104 cm³/mol. The molecule has 0 fully saturated rings. The first-order chi connectivity index (χ1) is 11.7. The molecule has 24 heavy (non-hydrogen) atoms. The summed E-state index contributed by atoms with van der Waals surface area (Å²) in [5.41, 5.74) is 3.69. The third kappa shape index (κ3) is 7.65. The Labute approximate surface area is 146 Å².